The van der Waals surface area contributed by atoms with Gasteiger partial charge in [-0.25, -0.2) is 4.98 Å². The molecule has 16 heteroatoms. The number of aliphatic hydroxyl groups is 4. The summed E-state index contributed by atoms with van der Waals surface area (Å²) in [6, 6.07) is 3.31. The second-order valence-corrected chi connectivity index (χ2v) is 15.7. The van der Waals surface area contributed by atoms with Gasteiger partial charge >= 0.3 is 5.97 Å². The number of nitrogens with one attached hydrogen (secondary N) is 1. The number of fused-ring (bicyclic) bond motifs is 10. The van der Waals surface area contributed by atoms with E-state index in [9.17, 15) is 39.9 Å². The summed E-state index contributed by atoms with van der Waals surface area (Å²) in [6.45, 7) is 8.98. The number of hydrogen-bond acceptors (Lipinski definition) is 14. The maximum Gasteiger partial charge on any atom is 0.302 e. The summed E-state index contributed by atoms with van der Waals surface area (Å²) in [4.78, 5) is 51.5. The van der Waals surface area contributed by atoms with Gasteiger partial charge in [-0.2, -0.15) is 0 Å². The van der Waals surface area contributed by atoms with Crippen LogP contribution in [0.3, 0.4) is 0 Å². The van der Waals surface area contributed by atoms with Crippen molar-refractivity contribution in [1.29, 1.82) is 0 Å². The molecule has 3 aromatic rings. The van der Waals surface area contributed by atoms with Crippen molar-refractivity contribution in [3.05, 3.63) is 70.5 Å². The Kier molecular flexibility index (Phi) is 12.6. The molecular formula is C44H50N4O12. The molecule has 3 aliphatic heterocycles. The molecule has 0 spiro atoms. The van der Waals surface area contributed by atoms with Gasteiger partial charge in [0.1, 0.15) is 35.6 Å². The summed E-state index contributed by atoms with van der Waals surface area (Å²) >= 11 is 0. The van der Waals surface area contributed by atoms with E-state index in [4.69, 9.17) is 24.0 Å². The molecule has 10 atom stereocenters. The van der Waals surface area contributed by atoms with Gasteiger partial charge in [-0.05, 0) is 37.5 Å². The SMILES string of the molecule is CO/N=C/c1ccn2c(c1)nc1c3c4c(O)c(c12)NC(=O)/C(C)=C\C=C\[C@H](C)[C@H](O)[C@@H](C)[C@@H](O)[C@@H](C)[C@H](OC(C)=O)[C@@H]1CC(C#CC=4O)C=3C(=O)[C@](C)(O)O/C=C/[C@@H]1OC. The van der Waals surface area contributed by atoms with Gasteiger partial charge in [0.25, 0.3) is 11.7 Å². The largest absolute Gasteiger partial charge is 0.505 e. The number of oxime groups is 1. The molecular weight excluding hydrogens is 777 g/mol. The van der Waals surface area contributed by atoms with Gasteiger partial charge < -0.3 is 49.9 Å². The Balaban J connectivity index is 1.80. The molecule has 1 amide bonds. The summed E-state index contributed by atoms with van der Waals surface area (Å²) in [7, 11) is 2.79. The first kappa shape index (κ1) is 43.6. The smallest absolute Gasteiger partial charge is 0.302 e. The fourth-order valence-corrected chi connectivity index (χ4v) is 8.25. The van der Waals surface area contributed by atoms with E-state index < -0.39 is 89.0 Å². The Morgan fingerprint density at radius 3 is 2.53 bits per heavy atom. The molecule has 60 heavy (non-hydrogen) atoms. The van der Waals surface area contributed by atoms with Gasteiger partial charge in [0, 0.05) is 72.8 Å². The summed E-state index contributed by atoms with van der Waals surface area (Å²) in [5.74, 6) is -4.90. The van der Waals surface area contributed by atoms with Gasteiger partial charge in [0.2, 0.25) is 5.78 Å². The molecule has 7 rings (SSSR count). The molecule has 0 saturated heterocycles. The van der Waals surface area contributed by atoms with E-state index in [0.717, 1.165) is 13.2 Å². The molecule has 1 aromatic carbocycles. The van der Waals surface area contributed by atoms with Crippen molar-refractivity contribution in [2.45, 2.75) is 78.2 Å². The molecule has 0 fully saturated rings. The molecule has 1 unspecified atom stereocenters. The molecule has 5 heterocycles. The predicted octanol–water partition coefficient (Wildman–Crippen LogP) is 2.48. The van der Waals surface area contributed by atoms with Crippen LogP contribution in [-0.2, 0) is 33.4 Å². The second-order valence-electron chi connectivity index (χ2n) is 15.7. The fraction of sp³-hybridized carbons (Fsp3) is 0.432. The van der Waals surface area contributed by atoms with Crippen LogP contribution in [0.1, 0.15) is 53.5 Å². The predicted molar refractivity (Wildman–Crippen MR) is 220 cm³/mol. The number of imidazole rings is 1. The minimum absolute atomic E-state index is 0.0143. The van der Waals surface area contributed by atoms with E-state index in [2.05, 4.69) is 22.3 Å². The van der Waals surface area contributed by atoms with Crippen LogP contribution >= 0.6 is 0 Å². The van der Waals surface area contributed by atoms with Crippen molar-refractivity contribution >= 4 is 57.6 Å². The number of aromatic hydroxyl groups is 1. The third kappa shape index (κ3) is 8.13. The Morgan fingerprint density at radius 2 is 1.85 bits per heavy atom. The highest BCUT2D eigenvalue weighted by Gasteiger charge is 2.46. The molecule has 16 nitrogen and oxygen atoms in total. The molecule has 4 aliphatic rings. The highest BCUT2D eigenvalue weighted by molar-refractivity contribution is 6.21. The van der Waals surface area contributed by atoms with Crippen molar-refractivity contribution in [3.63, 3.8) is 0 Å². The number of benzene rings is 1. The average molecular weight is 827 g/mol. The number of aliphatic hydroxyl groups excluding tert-OH is 3. The minimum Gasteiger partial charge on any atom is -0.505 e. The number of carbonyl (C=O) groups is 3. The summed E-state index contributed by atoms with van der Waals surface area (Å²) in [5.41, 5.74) is 0.725. The van der Waals surface area contributed by atoms with Crippen LogP contribution in [0, 0.1) is 41.4 Å². The standard InChI is InChI=1S/C44H50N4O12/c1-21-10-9-11-22(2)43(55)47-36-37-35(46-31-18-26(20-45-58-8)14-16-48(31)37)34-32-27(12-13-29(50)33(34)40(36)53)19-28(30(57-7)15-17-59-44(6,56)42(32)54)41(60-25(5)49)24(4)39(52)23(3)38(21)51/h9-11,14-18,20-21,23-24,27-28,30,38-39,41,50-53,56H,19H2,1-8H3,(H,47,55)/b10-9+,17-15+,22-11-,45-20+/t21-,23+,24+,27?,28+,30-,38-,39+,41-,44+/m0/s1. The number of hydrogen-bond donors (Lipinski definition) is 6. The number of esters is 1. The number of anilines is 1. The first-order chi connectivity index (χ1) is 28.4. The van der Waals surface area contributed by atoms with Crippen LogP contribution in [0.4, 0.5) is 5.69 Å². The number of allylic oxidation sites excluding steroid dienone is 2. The number of nitrogens with zero attached hydrogens (tertiary/aromatic N) is 3. The lowest BCUT2D eigenvalue weighted by atomic mass is 9.73. The highest BCUT2D eigenvalue weighted by Crippen LogP contribution is 2.39. The second kappa shape index (κ2) is 17.3. The number of aromatic nitrogens is 2. The summed E-state index contributed by atoms with van der Waals surface area (Å²) in [5, 5.41) is 65.2. The van der Waals surface area contributed by atoms with Crippen molar-refractivity contribution in [2.75, 3.05) is 19.5 Å². The molecule has 6 bridgehead atoms. The zero-order valence-electron chi connectivity index (χ0n) is 34.5. The lowest BCUT2D eigenvalue weighted by Gasteiger charge is -2.40. The molecule has 1 aliphatic carbocycles. The fourth-order valence-electron chi connectivity index (χ4n) is 8.25. The quantitative estimate of drug-likeness (QED) is 0.0731. The van der Waals surface area contributed by atoms with Crippen LogP contribution in [0.15, 0.2) is 59.6 Å². The molecule has 6 N–H and O–H groups in total. The van der Waals surface area contributed by atoms with E-state index in [1.807, 2.05) is 0 Å². The van der Waals surface area contributed by atoms with Crippen molar-refractivity contribution in [1.82, 2.24) is 9.38 Å². The number of rotatable bonds is 4. The van der Waals surface area contributed by atoms with E-state index in [-0.39, 0.29) is 50.4 Å². The Bertz CT molecular complexity index is 2540. The van der Waals surface area contributed by atoms with Gasteiger partial charge in [0.15, 0.2) is 11.5 Å². The molecule has 318 valence electrons. The van der Waals surface area contributed by atoms with Gasteiger partial charge in [0.05, 0.1) is 41.9 Å². The summed E-state index contributed by atoms with van der Waals surface area (Å²) < 4.78 is 19.2. The number of ether oxygens (including phenoxy) is 3. The Hall–Kier alpha value is -5.99. The third-order valence-electron chi connectivity index (χ3n) is 11.6. The average Bonchev–Trinajstić information content (AvgIpc) is 3.52. The number of carbonyl (C=O) groups excluding carboxylic acids is 3. The lowest BCUT2D eigenvalue weighted by Crippen LogP contribution is -2.49. The van der Waals surface area contributed by atoms with Crippen LogP contribution in [0.5, 0.6) is 5.75 Å². The zero-order chi connectivity index (χ0) is 43.8. The van der Waals surface area contributed by atoms with Crippen LogP contribution < -0.4 is 15.8 Å². The topological polar surface area (TPSA) is 231 Å². The van der Waals surface area contributed by atoms with Crippen LogP contribution in [-0.4, -0.2) is 103 Å². The van der Waals surface area contributed by atoms with Crippen molar-refractivity contribution in [2.24, 2.45) is 34.7 Å². The van der Waals surface area contributed by atoms with E-state index in [1.54, 1.807) is 55.7 Å². The highest BCUT2D eigenvalue weighted by atomic mass is 16.6. The van der Waals surface area contributed by atoms with Gasteiger partial charge in [-0.3, -0.25) is 18.8 Å². The van der Waals surface area contributed by atoms with Gasteiger partial charge in [-0.1, -0.05) is 50.1 Å². The monoisotopic (exact) mass is 826 g/mol. The number of phenols is 1. The maximum absolute atomic E-state index is 14.9. The van der Waals surface area contributed by atoms with E-state index in [0.29, 0.717) is 5.56 Å². The van der Waals surface area contributed by atoms with Crippen LogP contribution in [0.25, 0.3) is 28.0 Å². The lowest BCUT2D eigenvalue weighted by molar-refractivity contribution is -0.173. The molecule has 0 saturated carbocycles. The van der Waals surface area contributed by atoms with Gasteiger partial charge in [-0.15, -0.1) is 0 Å². The molecule has 0 radical (unpaired) electrons. The number of methoxy groups -OCH3 is 1. The number of phenolic OH excluding ortho intramolecular Hbond substituents is 1. The van der Waals surface area contributed by atoms with Crippen molar-refractivity contribution < 1.29 is 59.0 Å². The normalized spacial score (nSPS) is 32.1. The van der Waals surface area contributed by atoms with Crippen LogP contribution in [0.2, 0.25) is 0 Å². The first-order valence-electron chi connectivity index (χ1n) is 19.5. The van der Waals surface area contributed by atoms with E-state index in [1.165, 1.54) is 46.4 Å². The first-order valence-corrected chi connectivity index (χ1v) is 19.5. The number of pyridine rings is 1. The number of amides is 1. The third-order valence-corrected chi connectivity index (χ3v) is 11.6. The number of ketones is 1. The minimum atomic E-state index is -2.56. The van der Waals surface area contributed by atoms with Crippen molar-refractivity contribution in [3.8, 4) is 17.6 Å². The van der Waals surface area contributed by atoms with E-state index >= 15 is 0 Å². The Labute approximate surface area is 345 Å². The molecule has 2 aromatic heterocycles. The zero-order valence-corrected chi connectivity index (χ0v) is 34.5. The Morgan fingerprint density at radius 1 is 1.12 bits per heavy atom. The maximum atomic E-state index is 14.9. The summed E-state index contributed by atoms with van der Waals surface area (Å²) in [6.07, 6.45) is 5.75. The number of Topliss-reactive ketones (excluding diaryl/α,β-unsaturated/α-hetero) is 1.